The van der Waals surface area contributed by atoms with E-state index < -0.39 is 0 Å². The van der Waals surface area contributed by atoms with Crippen LogP contribution in [0.15, 0.2) is 45.3 Å². The number of nitrogens with one attached hydrogen (secondary N) is 1. The van der Waals surface area contributed by atoms with E-state index >= 15 is 0 Å². The van der Waals surface area contributed by atoms with Crippen LogP contribution in [0.25, 0.3) is 21.8 Å². The number of imidazole rings is 1. The maximum Gasteiger partial charge on any atom is 0.236 e. The molecule has 0 atom stereocenters. The molecule has 0 unspecified atom stereocenters. The summed E-state index contributed by atoms with van der Waals surface area (Å²) in [6.07, 6.45) is 0. The van der Waals surface area contributed by atoms with Crippen molar-refractivity contribution in [3.63, 3.8) is 0 Å². The third-order valence-electron chi connectivity index (χ3n) is 3.59. The van der Waals surface area contributed by atoms with Crippen LogP contribution in [0, 0.1) is 13.8 Å². The average molecular weight is 341 g/mol. The summed E-state index contributed by atoms with van der Waals surface area (Å²) >= 11 is 3.28. The van der Waals surface area contributed by atoms with E-state index in [4.69, 9.17) is 4.42 Å². The Morgan fingerprint density at radius 1 is 1.22 bits per heavy atom. The highest BCUT2D eigenvalue weighted by Crippen LogP contribution is 2.29. The van der Waals surface area contributed by atoms with Crippen molar-refractivity contribution in [3.8, 4) is 10.8 Å². The maximum absolute atomic E-state index is 5.78. The van der Waals surface area contributed by atoms with E-state index in [0.717, 1.165) is 38.3 Å². The summed E-state index contributed by atoms with van der Waals surface area (Å²) in [4.78, 5) is 13.6. The first-order valence-corrected chi connectivity index (χ1v) is 9.15. The van der Waals surface area contributed by atoms with Gasteiger partial charge >= 0.3 is 0 Å². The smallest absolute Gasteiger partial charge is 0.236 e. The SMILES string of the molecule is Cc1ccc2nc(SCc3nc(-c4cccs4)oc3C)[nH]c2c1. The lowest BCUT2D eigenvalue weighted by Gasteiger charge is -1.94. The first-order chi connectivity index (χ1) is 11.2. The van der Waals surface area contributed by atoms with E-state index in [1.54, 1.807) is 23.1 Å². The number of aromatic amines is 1. The van der Waals surface area contributed by atoms with Gasteiger partial charge in [0, 0.05) is 5.75 Å². The van der Waals surface area contributed by atoms with Gasteiger partial charge in [-0.1, -0.05) is 23.9 Å². The van der Waals surface area contributed by atoms with Gasteiger partial charge in [0.15, 0.2) is 5.16 Å². The van der Waals surface area contributed by atoms with Gasteiger partial charge in [0.2, 0.25) is 5.89 Å². The van der Waals surface area contributed by atoms with E-state index in [1.807, 2.05) is 30.5 Å². The van der Waals surface area contributed by atoms with Crippen molar-refractivity contribution in [3.05, 3.63) is 52.7 Å². The molecule has 6 heteroatoms. The minimum Gasteiger partial charge on any atom is -0.440 e. The van der Waals surface area contributed by atoms with Gasteiger partial charge in [-0.05, 0) is 43.0 Å². The Hall–Kier alpha value is -2.05. The van der Waals surface area contributed by atoms with E-state index in [0.29, 0.717) is 5.89 Å². The second-order valence-corrected chi connectivity index (χ2v) is 7.26. The topological polar surface area (TPSA) is 54.7 Å². The van der Waals surface area contributed by atoms with E-state index in [2.05, 4.69) is 34.0 Å². The Kier molecular flexibility index (Phi) is 3.71. The minimum atomic E-state index is 0.702. The number of thiophene rings is 1. The third-order valence-corrected chi connectivity index (χ3v) is 5.33. The molecule has 0 amide bonds. The van der Waals surface area contributed by atoms with Crippen LogP contribution in [-0.4, -0.2) is 15.0 Å². The largest absolute Gasteiger partial charge is 0.440 e. The van der Waals surface area contributed by atoms with Crippen LogP contribution < -0.4 is 0 Å². The first kappa shape index (κ1) is 14.5. The number of fused-ring (bicyclic) bond motifs is 1. The van der Waals surface area contributed by atoms with Gasteiger partial charge in [0.1, 0.15) is 5.76 Å². The summed E-state index contributed by atoms with van der Waals surface area (Å²) in [6, 6.07) is 10.3. The summed E-state index contributed by atoms with van der Waals surface area (Å²) < 4.78 is 5.78. The number of benzene rings is 1. The second kappa shape index (κ2) is 5.86. The monoisotopic (exact) mass is 341 g/mol. The number of hydrogen-bond donors (Lipinski definition) is 1. The molecule has 4 aromatic rings. The van der Waals surface area contributed by atoms with Crippen molar-refractivity contribution >= 4 is 34.1 Å². The maximum atomic E-state index is 5.78. The van der Waals surface area contributed by atoms with Crippen molar-refractivity contribution in [2.24, 2.45) is 0 Å². The molecule has 0 radical (unpaired) electrons. The van der Waals surface area contributed by atoms with Gasteiger partial charge in [-0.25, -0.2) is 9.97 Å². The van der Waals surface area contributed by atoms with Crippen LogP contribution in [-0.2, 0) is 5.75 Å². The Morgan fingerprint density at radius 3 is 2.96 bits per heavy atom. The summed E-state index contributed by atoms with van der Waals surface area (Å²) in [5, 5.41) is 2.94. The lowest BCUT2D eigenvalue weighted by atomic mass is 10.2. The molecule has 0 fully saturated rings. The highest BCUT2D eigenvalue weighted by molar-refractivity contribution is 7.98. The Bertz CT molecular complexity index is 954. The van der Waals surface area contributed by atoms with Gasteiger partial charge < -0.3 is 9.40 Å². The quantitative estimate of drug-likeness (QED) is 0.519. The Labute approximate surface area is 142 Å². The predicted octanol–water partition coefficient (Wildman–Crippen LogP) is 5.19. The standard InChI is InChI=1S/C17H15N3OS2/c1-10-5-6-12-13(8-10)20-17(19-12)23-9-14-11(2)21-16(18-14)15-4-3-7-22-15/h3-8H,9H2,1-2H3,(H,19,20). The zero-order chi connectivity index (χ0) is 15.8. The number of hydrogen-bond acceptors (Lipinski definition) is 5. The molecule has 116 valence electrons. The minimum absolute atomic E-state index is 0.702. The molecular formula is C17H15N3OS2. The fraction of sp³-hybridized carbons (Fsp3) is 0.176. The number of thioether (sulfide) groups is 1. The predicted molar refractivity (Wildman–Crippen MR) is 94.9 cm³/mol. The fourth-order valence-corrected chi connectivity index (χ4v) is 3.91. The van der Waals surface area contributed by atoms with Crippen LogP contribution in [0.4, 0.5) is 0 Å². The molecule has 0 saturated carbocycles. The van der Waals surface area contributed by atoms with Crippen LogP contribution >= 0.6 is 23.1 Å². The molecule has 3 heterocycles. The van der Waals surface area contributed by atoms with E-state index in [-0.39, 0.29) is 0 Å². The molecule has 3 aromatic heterocycles. The third kappa shape index (κ3) is 2.92. The number of nitrogens with zero attached hydrogens (tertiary/aromatic N) is 2. The van der Waals surface area contributed by atoms with Crippen molar-refractivity contribution in [2.45, 2.75) is 24.8 Å². The van der Waals surface area contributed by atoms with Gasteiger partial charge in [-0.15, -0.1) is 11.3 Å². The second-order valence-electron chi connectivity index (χ2n) is 5.35. The summed E-state index contributed by atoms with van der Waals surface area (Å²) in [7, 11) is 0. The van der Waals surface area contributed by atoms with E-state index in [1.165, 1.54) is 5.56 Å². The molecule has 1 aromatic carbocycles. The van der Waals surface area contributed by atoms with Crippen LogP contribution in [0.5, 0.6) is 0 Å². The number of H-pyrrole nitrogens is 1. The van der Waals surface area contributed by atoms with Crippen LogP contribution in [0.2, 0.25) is 0 Å². The number of oxazole rings is 1. The van der Waals surface area contributed by atoms with Crippen LogP contribution in [0.1, 0.15) is 17.0 Å². The zero-order valence-electron chi connectivity index (χ0n) is 12.8. The lowest BCUT2D eigenvalue weighted by Crippen LogP contribution is -1.85. The van der Waals surface area contributed by atoms with Crippen LogP contribution in [0.3, 0.4) is 0 Å². The van der Waals surface area contributed by atoms with Crippen molar-refractivity contribution in [1.82, 2.24) is 15.0 Å². The number of aromatic nitrogens is 3. The van der Waals surface area contributed by atoms with Crippen molar-refractivity contribution < 1.29 is 4.42 Å². The van der Waals surface area contributed by atoms with Gasteiger partial charge in [-0.3, -0.25) is 0 Å². The average Bonchev–Trinajstić information content (AvgIpc) is 3.23. The number of aryl methyl sites for hydroxylation is 2. The molecule has 0 saturated heterocycles. The normalized spacial score (nSPS) is 11.4. The molecule has 0 spiro atoms. The molecule has 23 heavy (non-hydrogen) atoms. The van der Waals surface area contributed by atoms with Crippen molar-refractivity contribution in [1.29, 1.82) is 0 Å². The first-order valence-electron chi connectivity index (χ1n) is 7.28. The molecule has 4 nitrogen and oxygen atoms in total. The van der Waals surface area contributed by atoms with Gasteiger partial charge in [0.25, 0.3) is 0 Å². The molecular weight excluding hydrogens is 326 g/mol. The summed E-state index contributed by atoms with van der Waals surface area (Å²) in [5.74, 6) is 2.31. The zero-order valence-corrected chi connectivity index (χ0v) is 14.4. The van der Waals surface area contributed by atoms with E-state index in [9.17, 15) is 0 Å². The van der Waals surface area contributed by atoms with Crippen molar-refractivity contribution in [2.75, 3.05) is 0 Å². The van der Waals surface area contributed by atoms with Gasteiger partial charge in [-0.2, -0.15) is 0 Å². The molecule has 4 rings (SSSR count). The highest BCUT2D eigenvalue weighted by Gasteiger charge is 2.13. The molecule has 1 N–H and O–H groups in total. The molecule has 0 bridgehead atoms. The molecule has 0 aliphatic carbocycles. The Morgan fingerprint density at radius 2 is 2.13 bits per heavy atom. The molecule has 0 aliphatic heterocycles. The summed E-state index contributed by atoms with van der Waals surface area (Å²) in [6.45, 7) is 4.04. The van der Waals surface area contributed by atoms with Gasteiger partial charge in [0.05, 0.1) is 21.6 Å². The fourth-order valence-electron chi connectivity index (χ4n) is 2.37. The lowest BCUT2D eigenvalue weighted by molar-refractivity contribution is 0.542. The summed E-state index contributed by atoms with van der Waals surface area (Å²) in [5.41, 5.74) is 4.26. The highest BCUT2D eigenvalue weighted by atomic mass is 32.2. The molecule has 0 aliphatic rings. The Balaban J connectivity index is 1.54. The number of rotatable bonds is 4.